The van der Waals surface area contributed by atoms with Gasteiger partial charge in [0.1, 0.15) is 6.61 Å². The van der Waals surface area contributed by atoms with E-state index in [1.807, 2.05) is 60.9 Å². The van der Waals surface area contributed by atoms with Gasteiger partial charge in [0.05, 0.1) is 40.6 Å². The van der Waals surface area contributed by atoms with Gasteiger partial charge in [-0.2, -0.15) is 0 Å². The van der Waals surface area contributed by atoms with Crippen molar-refractivity contribution in [2.24, 2.45) is 4.99 Å². The highest BCUT2D eigenvalue weighted by molar-refractivity contribution is 7.98. The van der Waals surface area contributed by atoms with Gasteiger partial charge in [-0.1, -0.05) is 78.1 Å². The highest BCUT2D eigenvalue weighted by atomic mass is 35.5. The van der Waals surface area contributed by atoms with E-state index in [1.54, 1.807) is 47.5 Å². The summed E-state index contributed by atoms with van der Waals surface area (Å²) in [5.41, 5.74) is 2.65. The number of methoxy groups -OCH3 is 1. The fourth-order valence-corrected chi connectivity index (χ4v) is 6.48. The maximum Gasteiger partial charge on any atom is 0.338 e. The topological polar surface area (TPSA) is 79.1 Å². The number of halogens is 1. The largest absolute Gasteiger partial charge is 0.493 e. The van der Waals surface area contributed by atoms with Crippen LogP contribution in [0.4, 0.5) is 0 Å². The second kappa shape index (κ2) is 13.5. The van der Waals surface area contributed by atoms with Crippen molar-refractivity contribution >= 4 is 52.4 Å². The van der Waals surface area contributed by atoms with Crippen LogP contribution in [0.15, 0.2) is 99.6 Å². The first-order valence-electron chi connectivity index (χ1n) is 13.4. The molecule has 0 N–H and O–H groups in total. The van der Waals surface area contributed by atoms with Crippen LogP contribution in [0.25, 0.3) is 11.8 Å². The Balaban J connectivity index is 1.76. The Morgan fingerprint density at radius 3 is 2.56 bits per heavy atom. The summed E-state index contributed by atoms with van der Waals surface area (Å²) in [6.45, 7) is 5.87. The van der Waals surface area contributed by atoms with Crippen LogP contribution in [-0.2, 0) is 9.53 Å². The van der Waals surface area contributed by atoms with Crippen molar-refractivity contribution in [1.82, 2.24) is 4.57 Å². The summed E-state index contributed by atoms with van der Waals surface area (Å²) in [5, 5.41) is 0.336. The maximum atomic E-state index is 14.1. The van der Waals surface area contributed by atoms with Crippen LogP contribution >= 0.6 is 34.7 Å². The zero-order valence-electron chi connectivity index (χ0n) is 23.8. The summed E-state index contributed by atoms with van der Waals surface area (Å²) in [5.74, 6) is 0.295. The minimum Gasteiger partial charge on any atom is -0.493 e. The number of ether oxygens (including phenoxy) is 3. The van der Waals surface area contributed by atoms with Gasteiger partial charge in [-0.05, 0) is 54.6 Å². The molecule has 43 heavy (non-hydrogen) atoms. The standard InChI is InChI=1S/C33H29ClN2O5S2/c1-5-16-41-30-24(34)17-20(18-25(30)39-3)19-26-31(37)36-29(22-12-14-23(42-4)15-13-22)27(32(38)40-6-2)28(35-33(36)43-26)21-10-8-7-9-11-21/h5,7-15,17-19,29H,1,6,16H2,2-4H3/b26-19-/t29-/m0/s1. The summed E-state index contributed by atoms with van der Waals surface area (Å²) in [7, 11) is 1.52. The molecule has 2 heterocycles. The Morgan fingerprint density at radius 2 is 1.91 bits per heavy atom. The van der Waals surface area contributed by atoms with Crippen molar-refractivity contribution in [3.8, 4) is 11.5 Å². The summed E-state index contributed by atoms with van der Waals surface area (Å²) >= 11 is 9.38. The van der Waals surface area contributed by atoms with E-state index in [2.05, 4.69) is 6.58 Å². The van der Waals surface area contributed by atoms with Gasteiger partial charge < -0.3 is 14.2 Å². The molecule has 1 aliphatic rings. The molecular formula is C33H29ClN2O5S2. The van der Waals surface area contributed by atoms with Crippen molar-refractivity contribution in [2.45, 2.75) is 17.9 Å². The molecule has 0 unspecified atom stereocenters. The number of thiazole rings is 1. The van der Waals surface area contributed by atoms with Gasteiger partial charge in [0.25, 0.3) is 5.56 Å². The average molecular weight is 633 g/mol. The first-order valence-corrected chi connectivity index (χ1v) is 15.9. The Labute approximate surface area is 262 Å². The van der Waals surface area contributed by atoms with Crippen molar-refractivity contribution in [3.05, 3.63) is 126 Å². The first-order chi connectivity index (χ1) is 20.9. The first kappa shape index (κ1) is 30.4. The summed E-state index contributed by atoms with van der Waals surface area (Å²) in [4.78, 5) is 34.2. The van der Waals surface area contributed by atoms with Crippen molar-refractivity contribution < 1.29 is 19.0 Å². The Kier molecular flexibility index (Phi) is 9.55. The monoisotopic (exact) mass is 632 g/mol. The highest BCUT2D eigenvalue weighted by Gasteiger charge is 2.35. The molecule has 0 aliphatic carbocycles. The van der Waals surface area contributed by atoms with Crippen LogP contribution < -0.4 is 24.4 Å². The predicted molar refractivity (Wildman–Crippen MR) is 173 cm³/mol. The average Bonchev–Trinajstić information content (AvgIpc) is 3.34. The molecule has 0 spiro atoms. The van der Waals surface area contributed by atoms with E-state index >= 15 is 0 Å². The molecule has 1 aliphatic heterocycles. The van der Waals surface area contributed by atoms with Crippen molar-refractivity contribution in [1.29, 1.82) is 0 Å². The summed E-state index contributed by atoms with van der Waals surface area (Å²) in [6.07, 6.45) is 5.35. The van der Waals surface area contributed by atoms with Gasteiger partial charge in [-0.25, -0.2) is 9.79 Å². The highest BCUT2D eigenvalue weighted by Crippen LogP contribution is 2.37. The molecule has 0 radical (unpaired) electrons. The number of thioether (sulfide) groups is 1. The van der Waals surface area contributed by atoms with E-state index < -0.39 is 12.0 Å². The lowest BCUT2D eigenvalue weighted by atomic mass is 9.93. The Hall–Kier alpha value is -4.05. The van der Waals surface area contributed by atoms with Gasteiger partial charge in [0, 0.05) is 10.5 Å². The van der Waals surface area contributed by atoms with Crippen LogP contribution in [0.3, 0.4) is 0 Å². The molecule has 0 fully saturated rings. The van der Waals surface area contributed by atoms with E-state index in [-0.39, 0.29) is 18.8 Å². The van der Waals surface area contributed by atoms with Crippen LogP contribution in [-0.4, -0.2) is 37.1 Å². The fraction of sp³-hybridized carbons (Fsp3) is 0.182. The quantitative estimate of drug-likeness (QED) is 0.123. The molecule has 4 aromatic rings. The van der Waals surface area contributed by atoms with Gasteiger partial charge in [0.15, 0.2) is 16.3 Å². The number of fused-ring (bicyclic) bond motifs is 1. The molecule has 3 aromatic carbocycles. The number of nitrogens with zero attached hydrogens (tertiary/aromatic N) is 2. The molecule has 1 aromatic heterocycles. The smallest absolute Gasteiger partial charge is 0.338 e. The fourth-order valence-electron chi connectivity index (χ4n) is 4.80. The second-order valence-electron chi connectivity index (χ2n) is 9.34. The van der Waals surface area contributed by atoms with Crippen LogP contribution in [0.1, 0.15) is 29.7 Å². The van der Waals surface area contributed by atoms with Crippen LogP contribution in [0.5, 0.6) is 11.5 Å². The van der Waals surface area contributed by atoms with E-state index in [0.717, 1.165) is 16.0 Å². The number of carbonyl (C=O) groups is 1. The normalized spacial score (nSPS) is 14.6. The zero-order chi connectivity index (χ0) is 30.5. The van der Waals surface area contributed by atoms with E-state index in [4.69, 9.17) is 30.8 Å². The lowest BCUT2D eigenvalue weighted by Gasteiger charge is -2.26. The van der Waals surface area contributed by atoms with Gasteiger partial charge in [-0.15, -0.1) is 11.8 Å². The molecule has 220 valence electrons. The Morgan fingerprint density at radius 1 is 1.16 bits per heavy atom. The minimum atomic E-state index is -0.753. The van der Waals surface area contributed by atoms with Crippen molar-refractivity contribution in [2.75, 3.05) is 26.6 Å². The molecule has 10 heteroatoms. The van der Waals surface area contributed by atoms with Gasteiger partial charge >= 0.3 is 5.97 Å². The zero-order valence-corrected chi connectivity index (χ0v) is 26.2. The molecule has 7 nitrogen and oxygen atoms in total. The molecular weight excluding hydrogens is 604 g/mol. The molecule has 0 saturated carbocycles. The number of hydrogen-bond donors (Lipinski definition) is 0. The van der Waals surface area contributed by atoms with Crippen LogP contribution in [0, 0.1) is 0 Å². The van der Waals surface area contributed by atoms with Crippen LogP contribution in [0.2, 0.25) is 5.02 Å². The third kappa shape index (κ3) is 6.20. The number of esters is 1. The molecule has 0 saturated heterocycles. The minimum absolute atomic E-state index is 0.183. The number of benzene rings is 3. The third-order valence-corrected chi connectivity index (χ3v) is 8.71. The van der Waals surface area contributed by atoms with E-state index in [0.29, 0.717) is 42.7 Å². The lowest BCUT2D eigenvalue weighted by molar-refractivity contribution is -0.138. The predicted octanol–water partition coefficient (Wildman–Crippen LogP) is 5.88. The summed E-state index contributed by atoms with van der Waals surface area (Å²) < 4.78 is 18.7. The second-order valence-corrected chi connectivity index (χ2v) is 11.6. The van der Waals surface area contributed by atoms with Crippen molar-refractivity contribution in [3.63, 3.8) is 0 Å². The number of carbonyl (C=O) groups excluding carboxylic acids is 1. The number of aromatic nitrogens is 1. The molecule has 5 rings (SSSR count). The van der Waals surface area contributed by atoms with Gasteiger partial charge in [0.2, 0.25) is 0 Å². The van der Waals surface area contributed by atoms with E-state index in [1.165, 1.54) is 18.4 Å². The summed E-state index contributed by atoms with van der Waals surface area (Å²) in [6, 6.07) is 20.0. The number of hydrogen-bond acceptors (Lipinski definition) is 8. The van der Waals surface area contributed by atoms with Gasteiger partial charge in [-0.3, -0.25) is 9.36 Å². The third-order valence-electron chi connectivity index (χ3n) is 6.70. The molecule has 1 atom stereocenters. The number of rotatable bonds is 10. The van der Waals surface area contributed by atoms with E-state index in [9.17, 15) is 9.59 Å². The molecule has 0 bridgehead atoms. The molecule has 0 amide bonds. The lowest BCUT2D eigenvalue weighted by Crippen LogP contribution is -2.40. The Bertz CT molecular complexity index is 1880. The maximum absolute atomic E-state index is 14.1. The SMILES string of the molecule is C=CCOc1c(Cl)cc(/C=c2\sc3n(c2=O)[C@@H](c2ccc(SC)cc2)C(C(=O)OCC)=C(c2ccccc2)N=3)cc1OC.